The molecule has 1 aliphatic rings. The molecule has 0 saturated heterocycles. The Morgan fingerprint density at radius 2 is 2.24 bits per heavy atom. The number of anilines is 1. The van der Waals surface area contributed by atoms with E-state index >= 15 is 0 Å². The van der Waals surface area contributed by atoms with Crippen LogP contribution >= 0.6 is 0 Å². The Morgan fingerprint density at radius 3 is 2.81 bits per heavy atom. The van der Waals surface area contributed by atoms with Gasteiger partial charge in [-0.2, -0.15) is 0 Å². The van der Waals surface area contributed by atoms with Crippen LogP contribution in [0.15, 0.2) is 12.1 Å². The highest BCUT2D eigenvalue weighted by molar-refractivity contribution is 5.88. The van der Waals surface area contributed by atoms with Crippen molar-refractivity contribution in [1.29, 1.82) is 0 Å². The van der Waals surface area contributed by atoms with Crippen LogP contribution in [0, 0.1) is 0 Å². The molecule has 1 heterocycles. The Morgan fingerprint density at radius 1 is 1.52 bits per heavy atom. The van der Waals surface area contributed by atoms with Crippen LogP contribution in [0.5, 0.6) is 0 Å². The fraction of sp³-hybridized carbons (Fsp3) is 0.625. The zero-order valence-corrected chi connectivity index (χ0v) is 13.1. The highest BCUT2D eigenvalue weighted by atomic mass is 16.4. The highest BCUT2D eigenvalue weighted by Gasteiger charge is 2.28. The lowest BCUT2D eigenvalue weighted by Crippen LogP contribution is -2.36. The molecule has 0 radical (unpaired) electrons. The zero-order valence-electron chi connectivity index (χ0n) is 13.1. The lowest BCUT2D eigenvalue weighted by atomic mass is 10.1. The maximum Gasteiger partial charge on any atom is 0.335 e. The number of hydrogen-bond donors (Lipinski definition) is 2. The predicted molar refractivity (Wildman–Crippen MR) is 83.9 cm³/mol. The van der Waals surface area contributed by atoms with Crippen LogP contribution in [0.25, 0.3) is 0 Å². The summed E-state index contributed by atoms with van der Waals surface area (Å²) in [6.07, 6.45) is 4.33. The van der Waals surface area contributed by atoms with Gasteiger partial charge in [0.1, 0.15) is 5.82 Å². The summed E-state index contributed by atoms with van der Waals surface area (Å²) in [7, 11) is 2.15. The van der Waals surface area contributed by atoms with Crippen molar-refractivity contribution in [3.63, 3.8) is 0 Å². The van der Waals surface area contributed by atoms with Crippen LogP contribution in [0.4, 0.5) is 5.82 Å². The van der Waals surface area contributed by atoms with Crippen molar-refractivity contribution in [2.75, 3.05) is 18.9 Å². The molecule has 1 aromatic rings. The lowest BCUT2D eigenvalue weighted by molar-refractivity contribution is 0.0696. The Labute approximate surface area is 126 Å². The summed E-state index contributed by atoms with van der Waals surface area (Å²) >= 11 is 0. The van der Waals surface area contributed by atoms with E-state index in [4.69, 9.17) is 0 Å². The molecule has 0 amide bonds. The van der Waals surface area contributed by atoms with Gasteiger partial charge in [0.25, 0.3) is 0 Å². The second kappa shape index (κ2) is 6.89. The summed E-state index contributed by atoms with van der Waals surface area (Å²) in [5, 5.41) is 12.5. The minimum absolute atomic E-state index is 0.305. The normalized spacial score (nSPS) is 16.0. The van der Waals surface area contributed by atoms with Crippen molar-refractivity contribution in [1.82, 2.24) is 9.88 Å². The Kier molecular flexibility index (Phi) is 5.17. The second-order valence-corrected chi connectivity index (χ2v) is 5.91. The quantitative estimate of drug-likeness (QED) is 0.771. The highest BCUT2D eigenvalue weighted by Crippen LogP contribution is 2.27. The first-order valence-electron chi connectivity index (χ1n) is 7.71. The first-order valence-corrected chi connectivity index (χ1v) is 7.71. The molecule has 116 valence electrons. The number of nitrogens with zero attached hydrogens (tertiary/aromatic N) is 2. The van der Waals surface area contributed by atoms with Crippen LogP contribution in [0.2, 0.25) is 0 Å². The lowest BCUT2D eigenvalue weighted by Gasteiger charge is -2.25. The van der Waals surface area contributed by atoms with Crippen LogP contribution < -0.4 is 5.32 Å². The molecule has 0 bridgehead atoms. The molecule has 1 aromatic heterocycles. The van der Waals surface area contributed by atoms with Gasteiger partial charge in [0, 0.05) is 24.3 Å². The fourth-order valence-electron chi connectivity index (χ4n) is 2.42. The van der Waals surface area contributed by atoms with Crippen molar-refractivity contribution in [2.24, 2.45) is 0 Å². The molecule has 2 N–H and O–H groups in total. The maximum atomic E-state index is 11.2. The monoisotopic (exact) mass is 291 g/mol. The number of aryl methyl sites for hydroxylation is 1. The smallest absolute Gasteiger partial charge is 0.335 e. The van der Waals surface area contributed by atoms with Gasteiger partial charge < -0.3 is 10.4 Å². The van der Waals surface area contributed by atoms with Gasteiger partial charge in [-0.15, -0.1) is 0 Å². The number of rotatable bonds is 8. The number of carboxylic acids is 1. The number of aromatic nitrogens is 1. The van der Waals surface area contributed by atoms with Crippen molar-refractivity contribution in [3.8, 4) is 0 Å². The number of aromatic carboxylic acids is 1. The van der Waals surface area contributed by atoms with Crippen LogP contribution in [-0.4, -0.2) is 46.6 Å². The van der Waals surface area contributed by atoms with Gasteiger partial charge in [0.2, 0.25) is 0 Å². The minimum atomic E-state index is -0.902. The molecular formula is C16H25N3O2. The first-order chi connectivity index (χ1) is 10.0. The van der Waals surface area contributed by atoms with Gasteiger partial charge in [0.15, 0.2) is 0 Å². The van der Waals surface area contributed by atoms with Crippen molar-refractivity contribution in [3.05, 3.63) is 23.4 Å². The van der Waals surface area contributed by atoms with Gasteiger partial charge in [0.05, 0.1) is 5.56 Å². The first kappa shape index (κ1) is 15.8. The molecule has 1 atom stereocenters. The molecule has 0 aliphatic heterocycles. The van der Waals surface area contributed by atoms with Gasteiger partial charge >= 0.3 is 5.97 Å². The number of nitrogens with one attached hydrogen (secondary N) is 1. The summed E-state index contributed by atoms with van der Waals surface area (Å²) in [4.78, 5) is 18.1. The molecule has 5 nitrogen and oxygen atoms in total. The fourth-order valence-corrected chi connectivity index (χ4v) is 2.42. The SMILES string of the molecule is CCCc1cc(C(=O)O)cc(NCC(C)N(C)C2CC2)n1. The molecular weight excluding hydrogens is 266 g/mol. The van der Waals surface area contributed by atoms with Gasteiger partial charge in [-0.25, -0.2) is 9.78 Å². The number of pyridine rings is 1. The Bertz CT molecular complexity index is 500. The molecule has 0 spiro atoms. The molecule has 1 saturated carbocycles. The van der Waals surface area contributed by atoms with Gasteiger partial charge in [-0.05, 0) is 45.4 Å². The third-order valence-corrected chi connectivity index (χ3v) is 4.03. The summed E-state index contributed by atoms with van der Waals surface area (Å²) < 4.78 is 0. The molecule has 5 heteroatoms. The average molecular weight is 291 g/mol. The van der Waals surface area contributed by atoms with E-state index in [1.807, 2.05) is 0 Å². The number of carbonyl (C=O) groups is 1. The van der Waals surface area contributed by atoms with E-state index in [1.54, 1.807) is 12.1 Å². The van der Waals surface area contributed by atoms with Crippen molar-refractivity contribution < 1.29 is 9.90 Å². The topological polar surface area (TPSA) is 65.5 Å². The van der Waals surface area contributed by atoms with E-state index in [9.17, 15) is 9.90 Å². The van der Waals surface area contributed by atoms with Crippen LogP contribution in [-0.2, 0) is 6.42 Å². The van der Waals surface area contributed by atoms with Crippen LogP contribution in [0.3, 0.4) is 0 Å². The van der Waals surface area contributed by atoms with E-state index in [1.165, 1.54) is 12.8 Å². The Hall–Kier alpha value is -1.62. The second-order valence-electron chi connectivity index (χ2n) is 5.91. The molecule has 2 rings (SSSR count). The van der Waals surface area contributed by atoms with E-state index in [2.05, 4.69) is 36.1 Å². The van der Waals surface area contributed by atoms with E-state index in [0.717, 1.165) is 31.1 Å². The molecule has 0 aromatic carbocycles. The number of hydrogen-bond acceptors (Lipinski definition) is 4. The number of likely N-dealkylation sites (N-methyl/N-ethyl adjacent to an activating group) is 1. The van der Waals surface area contributed by atoms with Gasteiger partial charge in [-0.1, -0.05) is 13.3 Å². The summed E-state index contributed by atoms with van der Waals surface area (Å²) in [5.41, 5.74) is 1.14. The average Bonchev–Trinajstić information content (AvgIpc) is 3.28. The number of carboxylic acid groups (broad SMARTS) is 1. The minimum Gasteiger partial charge on any atom is -0.478 e. The summed E-state index contributed by atoms with van der Waals surface area (Å²) in [6.45, 7) is 5.02. The molecule has 1 unspecified atom stereocenters. The van der Waals surface area contributed by atoms with E-state index in [0.29, 0.717) is 17.4 Å². The Balaban J connectivity index is 2.02. The molecule has 1 aliphatic carbocycles. The summed E-state index contributed by atoms with van der Waals surface area (Å²) in [5.74, 6) is -0.240. The predicted octanol–water partition coefficient (Wildman–Crippen LogP) is 2.63. The largest absolute Gasteiger partial charge is 0.478 e. The van der Waals surface area contributed by atoms with Crippen LogP contribution in [0.1, 0.15) is 49.2 Å². The third kappa shape index (κ3) is 4.43. The van der Waals surface area contributed by atoms with E-state index < -0.39 is 5.97 Å². The third-order valence-electron chi connectivity index (χ3n) is 4.03. The molecule has 1 fully saturated rings. The maximum absolute atomic E-state index is 11.2. The van der Waals surface area contributed by atoms with Crippen molar-refractivity contribution in [2.45, 2.75) is 51.6 Å². The van der Waals surface area contributed by atoms with Gasteiger partial charge in [-0.3, -0.25) is 4.90 Å². The standard InChI is InChI=1S/C16H25N3O2/c1-4-5-13-8-12(16(20)21)9-15(18-13)17-10-11(2)19(3)14-6-7-14/h8-9,11,14H,4-7,10H2,1-3H3,(H,17,18)(H,20,21). The summed E-state index contributed by atoms with van der Waals surface area (Å²) in [6, 6.07) is 4.40. The van der Waals surface area contributed by atoms with Crippen molar-refractivity contribution >= 4 is 11.8 Å². The zero-order chi connectivity index (χ0) is 15.4. The molecule has 21 heavy (non-hydrogen) atoms. The van der Waals surface area contributed by atoms with E-state index in [-0.39, 0.29) is 0 Å².